The molecule has 2 atom stereocenters. The Morgan fingerprint density at radius 1 is 1.09 bits per heavy atom. The summed E-state index contributed by atoms with van der Waals surface area (Å²) in [6.07, 6.45) is 0. The van der Waals surface area contributed by atoms with E-state index in [1.165, 1.54) is 16.7 Å². The molecular formula is C17H14ClNO3S. The number of thioether (sulfide) groups is 1. The van der Waals surface area contributed by atoms with Crippen LogP contribution in [-0.2, 0) is 4.79 Å². The number of nitrogens with zero attached hydrogens (tertiary/aromatic N) is 1. The highest BCUT2D eigenvalue weighted by molar-refractivity contribution is 7.99. The third kappa shape index (κ3) is 3.07. The van der Waals surface area contributed by atoms with E-state index in [2.05, 4.69) is 0 Å². The van der Waals surface area contributed by atoms with Crippen LogP contribution in [-0.4, -0.2) is 33.7 Å². The first-order chi connectivity index (χ1) is 11.1. The van der Waals surface area contributed by atoms with Gasteiger partial charge in [0.15, 0.2) is 0 Å². The van der Waals surface area contributed by atoms with Crippen molar-refractivity contribution in [2.75, 3.05) is 5.75 Å². The summed E-state index contributed by atoms with van der Waals surface area (Å²) in [5.41, 5.74) is 1.23. The van der Waals surface area contributed by atoms with Crippen LogP contribution in [0.15, 0.2) is 54.6 Å². The summed E-state index contributed by atoms with van der Waals surface area (Å²) in [5, 5.41) is 9.47. The van der Waals surface area contributed by atoms with Crippen LogP contribution in [0.3, 0.4) is 0 Å². The number of amides is 1. The molecule has 0 radical (unpaired) electrons. The zero-order chi connectivity index (χ0) is 16.4. The molecule has 1 aliphatic rings. The molecular weight excluding hydrogens is 334 g/mol. The third-order valence-corrected chi connectivity index (χ3v) is 5.36. The highest BCUT2D eigenvalue weighted by Gasteiger charge is 2.42. The van der Waals surface area contributed by atoms with E-state index < -0.39 is 12.0 Å². The summed E-state index contributed by atoms with van der Waals surface area (Å²) < 4.78 is 0. The topological polar surface area (TPSA) is 57.6 Å². The predicted molar refractivity (Wildman–Crippen MR) is 90.7 cm³/mol. The third-order valence-electron chi connectivity index (χ3n) is 3.71. The maximum Gasteiger partial charge on any atom is 0.327 e. The van der Waals surface area contributed by atoms with Crippen molar-refractivity contribution in [3.05, 3.63) is 70.7 Å². The van der Waals surface area contributed by atoms with Gasteiger partial charge in [0.2, 0.25) is 0 Å². The lowest BCUT2D eigenvalue weighted by atomic mass is 10.1. The lowest BCUT2D eigenvalue weighted by Gasteiger charge is -2.28. The minimum Gasteiger partial charge on any atom is -0.480 e. The molecule has 0 saturated carbocycles. The Bertz CT molecular complexity index is 738. The Labute approximate surface area is 143 Å². The van der Waals surface area contributed by atoms with Gasteiger partial charge in [0, 0.05) is 5.75 Å². The molecule has 1 amide bonds. The van der Waals surface area contributed by atoms with Crippen molar-refractivity contribution in [2.45, 2.75) is 11.4 Å². The number of hydrogen-bond acceptors (Lipinski definition) is 3. The zero-order valence-corrected chi connectivity index (χ0v) is 13.6. The van der Waals surface area contributed by atoms with Gasteiger partial charge in [-0.2, -0.15) is 0 Å². The molecule has 1 aliphatic heterocycles. The van der Waals surface area contributed by atoms with Crippen molar-refractivity contribution in [3.8, 4) is 0 Å². The Morgan fingerprint density at radius 3 is 2.39 bits per heavy atom. The number of hydrogen-bond donors (Lipinski definition) is 1. The second-order valence-corrected chi connectivity index (χ2v) is 6.66. The van der Waals surface area contributed by atoms with Crippen molar-refractivity contribution >= 4 is 35.2 Å². The summed E-state index contributed by atoms with van der Waals surface area (Å²) in [6, 6.07) is 15.3. The number of rotatable bonds is 3. The number of carboxylic acids is 1. The van der Waals surface area contributed by atoms with Gasteiger partial charge < -0.3 is 10.0 Å². The molecule has 3 rings (SSSR count). The summed E-state index contributed by atoms with van der Waals surface area (Å²) in [7, 11) is 0. The number of aliphatic carboxylic acids is 1. The normalized spacial score (nSPS) is 20.5. The number of carboxylic acid groups (broad SMARTS) is 1. The van der Waals surface area contributed by atoms with Crippen LogP contribution >= 0.6 is 23.4 Å². The van der Waals surface area contributed by atoms with Crippen molar-refractivity contribution in [2.24, 2.45) is 0 Å². The number of halogens is 1. The van der Waals surface area contributed by atoms with E-state index in [1.54, 1.807) is 24.3 Å². The fourth-order valence-corrected chi connectivity index (χ4v) is 4.23. The number of benzene rings is 2. The lowest BCUT2D eigenvalue weighted by molar-refractivity contribution is -0.141. The van der Waals surface area contributed by atoms with Crippen LogP contribution in [0, 0.1) is 0 Å². The molecule has 6 heteroatoms. The first-order valence-electron chi connectivity index (χ1n) is 7.06. The van der Waals surface area contributed by atoms with Gasteiger partial charge in [0.25, 0.3) is 5.91 Å². The quantitative estimate of drug-likeness (QED) is 0.920. The second kappa shape index (κ2) is 6.64. The van der Waals surface area contributed by atoms with Gasteiger partial charge in [-0.05, 0) is 17.7 Å². The molecule has 1 saturated heterocycles. The Balaban J connectivity index is 2.01. The maximum atomic E-state index is 12.9. The molecule has 0 unspecified atom stereocenters. The van der Waals surface area contributed by atoms with Crippen molar-refractivity contribution in [3.63, 3.8) is 0 Å². The smallest absolute Gasteiger partial charge is 0.327 e. The highest BCUT2D eigenvalue weighted by atomic mass is 35.5. The van der Waals surface area contributed by atoms with E-state index in [-0.39, 0.29) is 11.3 Å². The van der Waals surface area contributed by atoms with Crippen molar-refractivity contribution in [1.82, 2.24) is 4.90 Å². The van der Waals surface area contributed by atoms with Crippen LogP contribution < -0.4 is 0 Å². The van der Waals surface area contributed by atoms with Crippen molar-refractivity contribution < 1.29 is 14.7 Å². The van der Waals surface area contributed by atoms with E-state index in [9.17, 15) is 14.7 Å². The Hall–Kier alpha value is -1.98. The second-order valence-electron chi connectivity index (χ2n) is 5.14. The molecule has 0 aromatic heterocycles. The molecule has 4 nitrogen and oxygen atoms in total. The van der Waals surface area contributed by atoms with Crippen LogP contribution in [0.1, 0.15) is 21.3 Å². The maximum absolute atomic E-state index is 12.9. The van der Waals surface area contributed by atoms with Crippen molar-refractivity contribution in [1.29, 1.82) is 0 Å². The van der Waals surface area contributed by atoms with Crippen LogP contribution in [0.4, 0.5) is 0 Å². The number of carbonyl (C=O) groups excluding carboxylic acids is 1. The molecule has 2 aromatic rings. The molecule has 1 N–H and O–H groups in total. The SMILES string of the molecule is O=C(O)[C@@H]1CS[C@@H](c2ccccc2)N1C(=O)c1ccccc1Cl. The predicted octanol–water partition coefficient (Wildman–Crippen LogP) is 3.68. The average Bonchev–Trinajstić information content (AvgIpc) is 3.00. The molecule has 1 heterocycles. The van der Waals surface area contributed by atoms with Gasteiger partial charge >= 0.3 is 5.97 Å². The van der Waals surface area contributed by atoms with Gasteiger partial charge in [-0.25, -0.2) is 4.79 Å². The highest BCUT2D eigenvalue weighted by Crippen LogP contribution is 2.42. The molecule has 0 aliphatic carbocycles. The van der Waals surface area contributed by atoms with Gasteiger partial charge in [0.05, 0.1) is 10.6 Å². The molecule has 118 valence electrons. The molecule has 1 fully saturated rings. The summed E-state index contributed by atoms with van der Waals surface area (Å²) in [5.74, 6) is -1.01. The first-order valence-corrected chi connectivity index (χ1v) is 8.49. The summed E-state index contributed by atoms with van der Waals surface area (Å²) in [4.78, 5) is 25.9. The van der Waals surface area contributed by atoms with Crippen LogP contribution in [0.2, 0.25) is 5.02 Å². The fourth-order valence-electron chi connectivity index (χ4n) is 2.59. The fraction of sp³-hybridized carbons (Fsp3) is 0.176. The largest absolute Gasteiger partial charge is 0.480 e. The minimum absolute atomic E-state index is 0.323. The minimum atomic E-state index is -1.00. The van der Waals surface area contributed by atoms with E-state index in [4.69, 9.17) is 11.6 Å². The van der Waals surface area contributed by atoms with Crippen LogP contribution in [0.25, 0.3) is 0 Å². The van der Waals surface area contributed by atoms with E-state index >= 15 is 0 Å². The zero-order valence-electron chi connectivity index (χ0n) is 12.1. The molecule has 0 bridgehead atoms. The lowest BCUT2D eigenvalue weighted by Crippen LogP contribution is -2.43. The van der Waals surface area contributed by atoms with Gasteiger partial charge in [-0.15, -0.1) is 11.8 Å². The average molecular weight is 348 g/mol. The van der Waals surface area contributed by atoms with Crippen LogP contribution in [0.5, 0.6) is 0 Å². The van der Waals surface area contributed by atoms with Gasteiger partial charge in [-0.1, -0.05) is 54.1 Å². The molecule has 23 heavy (non-hydrogen) atoms. The molecule has 2 aromatic carbocycles. The standard InChI is InChI=1S/C17H14ClNO3S/c18-13-9-5-4-8-12(13)15(20)19-14(17(21)22)10-23-16(19)11-6-2-1-3-7-11/h1-9,14,16H,10H2,(H,21,22)/t14-,16-/m0/s1. The molecule has 0 spiro atoms. The van der Waals surface area contributed by atoms with E-state index in [0.717, 1.165) is 5.56 Å². The monoisotopic (exact) mass is 347 g/mol. The summed E-state index contributed by atoms with van der Waals surface area (Å²) in [6.45, 7) is 0. The number of carbonyl (C=O) groups is 2. The van der Waals surface area contributed by atoms with Gasteiger partial charge in [0.1, 0.15) is 11.4 Å². The van der Waals surface area contributed by atoms with E-state index in [0.29, 0.717) is 16.3 Å². The summed E-state index contributed by atoms with van der Waals surface area (Å²) >= 11 is 7.57. The first kappa shape index (κ1) is 15.9. The Kier molecular flexibility index (Phi) is 4.59. The Morgan fingerprint density at radius 2 is 1.74 bits per heavy atom. The van der Waals surface area contributed by atoms with Gasteiger partial charge in [-0.3, -0.25) is 4.79 Å². The van der Waals surface area contributed by atoms with E-state index in [1.807, 2.05) is 30.3 Å².